The highest BCUT2D eigenvalue weighted by Gasteiger charge is 2.13. The lowest BCUT2D eigenvalue weighted by molar-refractivity contribution is 0.0783. The summed E-state index contributed by atoms with van der Waals surface area (Å²) in [6, 6.07) is 23.0. The quantitative estimate of drug-likeness (QED) is 0.685. The smallest absolute Gasteiger partial charge is 0.253 e. The second-order valence-corrected chi connectivity index (χ2v) is 6.75. The molecule has 0 unspecified atom stereocenters. The van der Waals surface area contributed by atoms with Crippen LogP contribution in [0.3, 0.4) is 0 Å². The van der Waals surface area contributed by atoms with E-state index in [0.29, 0.717) is 17.8 Å². The average molecular weight is 375 g/mol. The summed E-state index contributed by atoms with van der Waals surface area (Å²) >= 11 is 0. The lowest BCUT2D eigenvalue weighted by Crippen LogP contribution is -2.27. The molecule has 1 aromatic heterocycles. The van der Waals surface area contributed by atoms with Crippen LogP contribution in [0.5, 0.6) is 0 Å². The molecule has 0 bridgehead atoms. The highest BCUT2D eigenvalue weighted by atomic mass is 16.2. The number of anilines is 1. The number of pyridine rings is 1. The van der Waals surface area contributed by atoms with Gasteiger partial charge in [-0.15, -0.1) is 0 Å². The van der Waals surface area contributed by atoms with Crippen molar-refractivity contribution in [3.05, 3.63) is 100.0 Å². The molecule has 0 saturated carbocycles. The average Bonchev–Trinajstić information content (AvgIpc) is 2.72. The maximum atomic E-state index is 12.7. The first-order valence-electron chi connectivity index (χ1n) is 9.39. The van der Waals surface area contributed by atoms with E-state index in [4.69, 9.17) is 0 Å². The highest BCUT2D eigenvalue weighted by molar-refractivity contribution is 5.94. The molecule has 3 aromatic rings. The maximum Gasteiger partial charge on any atom is 0.253 e. The number of H-pyrrole nitrogens is 1. The zero-order chi connectivity index (χ0) is 19.9. The number of carbonyl (C=O) groups excluding carboxylic acids is 1. The van der Waals surface area contributed by atoms with Crippen LogP contribution in [0.1, 0.15) is 28.5 Å². The Morgan fingerprint density at radius 2 is 1.61 bits per heavy atom. The van der Waals surface area contributed by atoms with Crippen LogP contribution in [-0.4, -0.2) is 29.4 Å². The summed E-state index contributed by atoms with van der Waals surface area (Å²) in [6.45, 7) is 4.18. The normalized spacial score (nSPS) is 10.5. The Kier molecular flexibility index (Phi) is 6.27. The van der Waals surface area contributed by atoms with Gasteiger partial charge < -0.3 is 14.8 Å². The molecule has 5 nitrogen and oxygen atoms in total. The van der Waals surface area contributed by atoms with E-state index in [0.717, 1.165) is 18.8 Å². The van der Waals surface area contributed by atoms with Crippen molar-refractivity contribution in [2.45, 2.75) is 20.0 Å². The minimum atomic E-state index is -0.166. The summed E-state index contributed by atoms with van der Waals surface area (Å²) in [6.07, 6.45) is 0. The summed E-state index contributed by atoms with van der Waals surface area (Å²) in [5, 5.41) is 0. The van der Waals surface area contributed by atoms with E-state index in [9.17, 15) is 9.59 Å². The Balaban J connectivity index is 1.68. The summed E-state index contributed by atoms with van der Waals surface area (Å²) < 4.78 is 0. The molecule has 1 amide bonds. The van der Waals surface area contributed by atoms with Gasteiger partial charge in [-0.1, -0.05) is 36.4 Å². The van der Waals surface area contributed by atoms with Gasteiger partial charge in [-0.25, -0.2) is 0 Å². The van der Waals surface area contributed by atoms with Gasteiger partial charge in [-0.3, -0.25) is 9.59 Å². The molecule has 0 aliphatic rings. The first kappa shape index (κ1) is 19.4. The minimum absolute atomic E-state index is 0.0811. The van der Waals surface area contributed by atoms with E-state index >= 15 is 0 Å². The van der Waals surface area contributed by atoms with Crippen molar-refractivity contribution >= 4 is 11.6 Å². The number of benzene rings is 2. The van der Waals surface area contributed by atoms with Gasteiger partial charge >= 0.3 is 0 Å². The number of hydrogen-bond donors (Lipinski definition) is 1. The van der Waals surface area contributed by atoms with E-state index in [2.05, 4.69) is 28.9 Å². The first-order valence-corrected chi connectivity index (χ1v) is 9.39. The van der Waals surface area contributed by atoms with Gasteiger partial charge in [-0.2, -0.15) is 0 Å². The van der Waals surface area contributed by atoms with Gasteiger partial charge in [-0.05, 0) is 42.8 Å². The molecule has 1 N–H and O–H groups in total. The van der Waals surface area contributed by atoms with Crippen LogP contribution in [0.2, 0.25) is 0 Å². The molecular weight excluding hydrogens is 350 g/mol. The zero-order valence-corrected chi connectivity index (χ0v) is 16.3. The van der Waals surface area contributed by atoms with Crippen molar-refractivity contribution in [1.29, 1.82) is 0 Å². The minimum Gasteiger partial charge on any atom is -0.367 e. The number of carbonyl (C=O) groups is 1. The van der Waals surface area contributed by atoms with Crippen LogP contribution in [0.15, 0.2) is 77.6 Å². The molecule has 1 heterocycles. The first-order chi connectivity index (χ1) is 13.6. The predicted octanol–water partition coefficient (Wildman–Crippen LogP) is 3.67. The maximum absolute atomic E-state index is 12.7. The molecule has 2 aromatic carbocycles. The number of nitrogens with zero attached hydrogens (tertiary/aromatic N) is 2. The van der Waals surface area contributed by atoms with Crippen LogP contribution < -0.4 is 10.5 Å². The van der Waals surface area contributed by atoms with Gasteiger partial charge in [0.1, 0.15) is 0 Å². The fraction of sp³-hybridized carbons (Fsp3) is 0.217. The molecule has 0 spiro atoms. The van der Waals surface area contributed by atoms with Crippen molar-refractivity contribution in [3.63, 3.8) is 0 Å². The Morgan fingerprint density at radius 3 is 2.25 bits per heavy atom. The van der Waals surface area contributed by atoms with Gasteiger partial charge in [0.05, 0.1) is 6.54 Å². The largest absolute Gasteiger partial charge is 0.367 e. The van der Waals surface area contributed by atoms with E-state index in [1.807, 2.05) is 42.5 Å². The molecule has 0 aliphatic carbocycles. The third-order valence-electron chi connectivity index (χ3n) is 4.66. The molecule has 3 rings (SSSR count). The number of aromatic nitrogens is 1. The SMILES string of the molecule is CCN(Cc1ccccc1)c1ccc(C(=O)N(C)Cc2cccc(=O)[nH]2)cc1. The summed E-state index contributed by atoms with van der Waals surface area (Å²) in [7, 11) is 1.73. The van der Waals surface area contributed by atoms with Crippen molar-refractivity contribution < 1.29 is 4.79 Å². The van der Waals surface area contributed by atoms with Gasteiger partial charge in [0.15, 0.2) is 0 Å². The summed E-state index contributed by atoms with van der Waals surface area (Å²) in [5.74, 6) is -0.0811. The van der Waals surface area contributed by atoms with Gasteiger partial charge in [0.2, 0.25) is 5.56 Å². The van der Waals surface area contributed by atoms with Crippen molar-refractivity contribution in [2.24, 2.45) is 0 Å². The van der Waals surface area contributed by atoms with E-state index in [1.165, 1.54) is 11.6 Å². The van der Waals surface area contributed by atoms with E-state index < -0.39 is 0 Å². The third-order valence-corrected chi connectivity index (χ3v) is 4.66. The van der Waals surface area contributed by atoms with E-state index in [-0.39, 0.29) is 11.5 Å². The number of hydrogen-bond acceptors (Lipinski definition) is 3. The fourth-order valence-corrected chi connectivity index (χ4v) is 3.14. The monoisotopic (exact) mass is 375 g/mol. The molecule has 0 fully saturated rings. The third kappa shape index (κ3) is 4.88. The lowest BCUT2D eigenvalue weighted by atomic mass is 10.1. The Hall–Kier alpha value is -3.34. The van der Waals surface area contributed by atoms with Crippen molar-refractivity contribution in [2.75, 3.05) is 18.5 Å². The second kappa shape index (κ2) is 9.04. The van der Waals surface area contributed by atoms with Crippen molar-refractivity contribution in [3.8, 4) is 0 Å². The number of amides is 1. The zero-order valence-electron chi connectivity index (χ0n) is 16.3. The van der Waals surface area contributed by atoms with Crippen LogP contribution in [0.4, 0.5) is 5.69 Å². The van der Waals surface area contributed by atoms with Crippen LogP contribution >= 0.6 is 0 Å². The molecule has 0 radical (unpaired) electrons. The molecule has 28 heavy (non-hydrogen) atoms. The van der Waals surface area contributed by atoms with Crippen LogP contribution in [0.25, 0.3) is 0 Å². The van der Waals surface area contributed by atoms with Crippen LogP contribution in [-0.2, 0) is 13.1 Å². The number of aromatic amines is 1. The molecule has 0 aliphatic heterocycles. The molecular formula is C23H25N3O2. The molecule has 5 heteroatoms. The molecule has 144 valence electrons. The standard InChI is InChI=1S/C23H25N3O2/c1-3-26(16-18-8-5-4-6-9-18)21-14-12-19(13-15-21)23(28)25(2)17-20-10-7-11-22(27)24-20/h4-15H,3,16-17H2,1-2H3,(H,24,27). The highest BCUT2D eigenvalue weighted by Crippen LogP contribution is 2.19. The Labute approximate surface area is 165 Å². The van der Waals surface area contributed by atoms with Gasteiger partial charge in [0, 0.05) is 43.1 Å². The van der Waals surface area contributed by atoms with Crippen molar-refractivity contribution in [1.82, 2.24) is 9.88 Å². The molecule has 0 saturated heterocycles. The Morgan fingerprint density at radius 1 is 0.893 bits per heavy atom. The Bertz CT molecular complexity index is 965. The lowest BCUT2D eigenvalue weighted by Gasteiger charge is -2.24. The van der Waals surface area contributed by atoms with Crippen LogP contribution in [0, 0.1) is 0 Å². The van der Waals surface area contributed by atoms with Gasteiger partial charge in [0.25, 0.3) is 5.91 Å². The predicted molar refractivity (Wildman–Crippen MR) is 112 cm³/mol. The molecule has 0 atom stereocenters. The second-order valence-electron chi connectivity index (χ2n) is 6.75. The number of nitrogens with one attached hydrogen (secondary N) is 1. The summed E-state index contributed by atoms with van der Waals surface area (Å²) in [5.41, 5.74) is 3.50. The number of rotatable bonds is 7. The summed E-state index contributed by atoms with van der Waals surface area (Å²) in [4.78, 5) is 30.7. The van der Waals surface area contributed by atoms with E-state index in [1.54, 1.807) is 24.1 Å². The topological polar surface area (TPSA) is 56.4 Å². The fourth-order valence-electron chi connectivity index (χ4n) is 3.14.